The molecule has 3 heterocycles. The Morgan fingerprint density at radius 2 is 2.00 bits per heavy atom. The molecule has 0 aromatic carbocycles. The zero-order valence-electron chi connectivity index (χ0n) is 8.36. The first kappa shape index (κ1) is 9.36. The maximum atomic E-state index is 5.86. The monoisotopic (exact) mass is 224 g/mol. The van der Waals surface area contributed by atoms with Crippen LogP contribution < -0.4 is 10.2 Å². The van der Waals surface area contributed by atoms with Gasteiger partial charge in [-0.05, 0) is 12.8 Å². The average molecular weight is 225 g/mol. The van der Waals surface area contributed by atoms with E-state index in [1.807, 2.05) is 6.07 Å². The van der Waals surface area contributed by atoms with Gasteiger partial charge < -0.3 is 10.2 Å². The molecule has 0 radical (unpaired) electrons. The molecule has 1 aromatic heterocycles. The van der Waals surface area contributed by atoms with Crippen LogP contribution in [0, 0.1) is 0 Å². The van der Waals surface area contributed by atoms with E-state index in [0.29, 0.717) is 17.2 Å². The number of nitrogens with one attached hydrogen (secondary N) is 1. The van der Waals surface area contributed by atoms with Crippen LogP contribution in [0.15, 0.2) is 12.4 Å². The van der Waals surface area contributed by atoms with Crippen LogP contribution in [0.2, 0.25) is 5.15 Å². The van der Waals surface area contributed by atoms with Gasteiger partial charge in [-0.3, -0.25) is 0 Å². The van der Waals surface area contributed by atoms with Gasteiger partial charge in [-0.15, -0.1) is 0 Å². The highest BCUT2D eigenvalue weighted by atomic mass is 35.5. The molecule has 2 saturated heterocycles. The van der Waals surface area contributed by atoms with Gasteiger partial charge in [-0.2, -0.15) is 0 Å². The lowest BCUT2D eigenvalue weighted by Gasteiger charge is -2.33. The molecule has 2 aliphatic heterocycles. The second-order valence-corrected chi connectivity index (χ2v) is 4.63. The smallest absolute Gasteiger partial charge is 0.134 e. The van der Waals surface area contributed by atoms with Gasteiger partial charge in [0.15, 0.2) is 0 Å². The van der Waals surface area contributed by atoms with Crippen molar-refractivity contribution in [3.05, 3.63) is 17.5 Å². The highest BCUT2D eigenvalue weighted by Crippen LogP contribution is 2.24. The van der Waals surface area contributed by atoms with Gasteiger partial charge in [-0.1, -0.05) is 11.6 Å². The largest absolute Gasteiger partial charge is 0.353 e. The molecule has 2 aliphatic rings. The van der Waals surface area contributed by atoms with Gasteiger partial charge >= 0.3 is 0 Å². The first-order valence-corrected chi connectivity index (χ1v) is 5.67. The minimum atomic E-state index is 0.519. The Balaban J connectivity index is 1.83. The minimum Gasteiger partial charge on any atom is -0.353 e. The number of piperazine rings is 1. The zero-order valence-corrected chi connectivity index (χ0v) is 9.11. The summed E-state index contributed by atoms with van der Waals surface area (Å²) >= 11 is 5.86. The van der Waals surface area contributed by atoms with Crippen LogP contribution in [0.5, 0.6) is 0 Å². The molecule has 2 bridgehead atoms. The number of hydrogen-bond acceptors (Lipinski definition) is 4. The van der Waals surface area contributed by atoms with E-state index in [-0.39, 0.29) is 0 Å². The molecule has 0 saturated carbocycles. The Morgan fingerprint density at radius 3 is 2.67 bits per heavy atom. The molecule has 2 atom stereocenters. The summed E-state index contributed by atoms with van der Waals surface area (Å²) in [6.45, 7) is 2.06. The van der Waals surface area contributed by atoms with E-state index < -0.39 is 0 Å². The van der Waals surface area contributed by atoms with E-state index in [1.165, 1.54) is 19.2 Å². The van der Waals surface area contributed by atoms with Gasteiger partial charge in [0.2, 0.25) is 0 Å². The highest BCUT2D eigenvalue weighted by molar-refractivity contribution is 6.29. The molecule has 0 unspecified atom stereocenters. The Hall–Kier alpha value is -0.870. The standard InChI is InChI=1S/C10H13ClN4/c11-9-3-10(13-6-12-9)15-4-7-1-2-8(5-15)14-7/h3,6-8,14H,1-2,4-5H2/t7-,8+. The number of hydrogen-bond donors (Lipinski definition) is 1. The number of anilines is 1. The third-order valence-corrected chi connectivity index (χ3v) is 3.37. The summed E-state index contributed by atoms with van der Waals surface area (Å²) in [5.41, 5.74) is 0. The average Bonchev–Trinajstić information content (AvgIpc) is 2.58. The number of nitrogens with zero attached hydrogens (tertiary/aromatic N) is 3. The fraction of sp³-hybridized carbons (Fsp3) is 0.600. The van der Waals surface area contributed by atoms with E-state index >= 15 is 0 Å². The van der Waals surface area contributed by atoms with E-state index in [0.717, 1.165) is 18.9 Å². The van der Waals surface area contributed by atoms with E-state index in [1.54, 1.807) is 0 Å². The molecule has 4 nitrogen and oxygen atoms in total. The first-order valence-electron chi connectivity index (χ1n) is 5.30. The second-order valence-electron chi connectivity index (χ2n) is 4.24. The topological polar surface area (TPSA) is 41.0 Å². The van der Waals surface area contributed by atoms with Crippen molar-refractivity contribution in [3.63, 3.8) is 0 Å². The van der Waals surface area contributed by atoms with Crippen molar-refractivity contribution in [3.8, 4) is 0 Å². The Kier molecular flexibility index (Phi) is 2.25. The molecular formula is C10H13ClN4. The Labute approximate surface area is 93.7 Å². The van der Waals surface area contributed by atoms with Crippen LogP contribution in [-0.2, 0) is 0 Å². The van der Waals surface area contributed by atoms with E-state index in [9.17, 15) is 0 Å². The first-order chi connectivity index (χ1) is 7.31. The molecule has 5 heteroatoms. The second kappa shape index (κ2) is 3.61. The van der Waals surface area contributed by atoms with Crippen molar-refractivity contribution in [1.29, 1.82) is 0 Å². The molecule has 0 spiro atoms. The lowest BCUT2D eigenvalue weighted by Crippen LogP contribution is -2.51. The molecule has 3 rings (SSSR count). The molecular weight excluding hydrogens is 212 g/mol. The molecule has 1 N–H and O–H groups in total. The molecule has 15 heavy (non-hydrogen) atoms. The number of fused-ring (bicyclic) bond motifs is 2. The summed E-state index contributed by atoms with van der Waals surface area (Å²) < 4.78 is 0. The van der Waals surface area contributed by atoms with Crippen molar-refractivity contribution in [2.24, 2.45) is 0 Å². The van der Waals surface area contributed by atoms with Crippen LogP contribution in [0.25, 0.3) is 0 Å². The van der Waals surface area contributed by atoms with Crippen LogP contribution in [0.1, 0.15) is 12.8 Å². The summed E-state index contributed by atoms with van der Waals surface area (Å²) in [5, 5.41) is 4.11. The third kappa shape index (κ3) is 1.79. The van der Waals surface area contributed by atoms with Crippen molar-refractivity contribution in [1.82, 2.24) is 15.3 Å². The predicted octanol–water partition coefficient (Wildman–Crippen LogP) is 1.07. The highest BCUT2D eigenvalue weighted by Gasteiger charge is 2.32. The molecule has 0 aliphatic carbocycles. The minimum absolute atomic E-state index is 0.519. The number of rotatable bonds is 1. The van der Waals surface area contributed by atoms with Crippen molar-refractivity contribution in [2.45, 2.75) is 24.9 Å². The summed E-state index contributed by atoms with van der Waals surface area (Å²) in [5.74, 6) is 0.952. The Bertz CT molecular complexity index is 358. The zero-order chi connectivity index (χ0) is 10.3. The quantitative estimate of drug-likeness (QED) is 0.725. The van der Waals surface area contributed by atoms with Crippen molar-refractivity contribution in [2.75, 3.05) is 18.0 Å². The number of halogens is 1. The third-order valence-electron chi connectivity index (χ3n) is 3.16. The summed E-state index contributed by atoms with van der Waals surface area (Å²) in [6, 6.07) is 3.08. The summed E-state index contributed by atoms with van der Waals surface area (Å²) in [4.78, 5) is 10.5. The van der Waals surface area contributed by atoms with Crippen LogP contribution >= 0.6 is 11.6 Å². The maximum absolute atomic E-state index is 5.86. The lowest BCUT2D eigenvalue weighted by atomic mass is 10.2. The maximum Gasteiger partial charge on any atom is 0.134 e. The molecule has 0 amide bonds. The van der Waals surface area contributed by atoms with Gasteiger partial charge in [-0.25, -0.2) is 9.97 Å². The Morgan fingerprint density at radius 1 is 1.27 bits per heavy atom. The molecule has 1 aromatic rings. The fourth-order valence-electron chi connectivity index (χ4n) is 2.48. The van der Waals surface area contributed by atoms with Gasteiger partial charge in [0.25, 0.3) is 0 Å². The van der Waals surface area contributed by atoms with Crippen molar-refractivity contribution < 1.29 is 0 Å². The predicted molar refractivity (Wildman–Crippen MR) is 59.2 cm³/mol. The molecule has 2 fully saturated rings. The van der Waals surface area contributed by atoms with Crippen LogP contribution in [-0.4, -0.2) is 35.1 Å². The van der Waals surface area contributed by atoms with Gasteiger partial charge in [0, 0.05) is 31.2 Å². The van der Waals surface area contributed by atoms with Gasteiger partial charge in [0.1, 0.15) is 17.3 Å². The fourth-order valence-corrected chi connectivity index (χ4v) is 2.62. The SMILES string of the molecule is Clc1cc(N2C[C@H]3CC[C@@H](C2)N3)ncn1. The molecule has 80 valence electrons. The van der Waals surface area contributed by atoms with Crippen LogP contribution in [0.4, 0.5) is 5.82 Å². The lowest BCUT2D eigenvalue weighted by molar-refractivity contribution is 0.463. The van der Waals surface area contributed by atoms with E-state index in [4.69, 9.17) is 11.6 Å². The van der Waals surface area contributed by atoms with Crippen molar-refractivity contribution >= 4 is 17.4 Å². The van der Waals surface area contributed by atoms with Crippen LogP contribution in [0.3, 0.4) is 0 Å². The van der Waals surface area contributed by atoms with Gasteiger partial charge in [0.05, 0.1) is 0 Å². The normalized spacial score (nSPS) is 29.5. The number of aromatic nitrogens is 2. The summed E-state index contributed by atoms with van der Waals surface area (Å²) in [7, 11) is 0. The summed E-state index contributed by atoms with van der Waals surface area (Å²) in [6.07, 6.45) is 4.08. The van der Waals surface area contributed by atoms with E-state index in [2.05, 4.69) is 20.2 Å².